The fourth-order valence-electron chi connectivity index (χ4n) is 1.49. The van der Waals surface area contributed by atoms with Crippen molar-refractivity contribution < 1.29 is 13.5 Å². The molecule has 0 bridgehead atoms. The molecule has 102 valence electrons. The monoisotopic (exact) mass is 317 g/mol. The van der Waals surface area contributed by atoms with Crippen LogP contribution in [-0.2, 0) is 10.0 Å². The van der Waals surface area contributed by atoms with E-state index in [9.17, 15) is 13.5 Å². The third-order valence-corrected chi connectivity index (χ3v) is 5.61. The number of halogens is 1. The lowest BCUT2D eigenvalue weighted by atomic mass is 10.1. The number of nitrogens with one attached hydrogen (secondary N) is 1. The number of hydrogen-bond acceptors (Lipinski definition) is 4. The number of sulfonamides is 1. The van der Waals surface area contributed by atoms with Crippen LogP contribution in [0.5, 0.6) is 0 Å². The molecule has 19 heavy (non-hydrogen) atoms. The number of rotatable bonds is 5. The summed E-state index contributed by atoms with van der Waals surface area (Å²) < 4.78 is 26.7. The molecule has 0 radical (unpaired) electrons. The Balaban J connectivity index is 2.03. The largest absolute Gasteiger partial charge is 0.387 e. The Kier molecular flexibility index (Phi) is 4.59. The molecule has 0 aliphatic carbocycles. The van der Waals surface area contributed by atoms with E-state index in [-0.39, 0.29) is 10.8 Å². The molecule has 0 fully saturated rings. The Bertz CT molecular complexity index is 640. The topological polar surface area (TPSA) is 66.4 Å². The number of benzene rings is 1. The van der Waals surface area contributed by atoms with Gasteiger partial charge in [0.25, 0.3) is 0 Å². The van der Waals surface area contributed by atoms with Crippen LogP contribution >= 0.6 is 22.9 Å². The highest BCUT2D eigenvalue weighted by Gasteiger charge is 2.18. The van der Waals surface area contributed by atoms with E-state index in [1.54, 1.807) is 24.3 Å². The van der Waals surface area contributed by atoms with Gasteiger partial charge in [-0.25, -0.2) is 13.1 Å². The second-order valence-corrected chi connectivity index (χ2v) is 7.55. The minimum Gasteiger partial charge on any atom is -0.387 e. The number of aliphatic hydroxyl groups excluding tert-OH is 1. The van der Waals surface area contributed by atoms with Gasteiger partial charge in [-0.1, -0.05) is 41.9 Å². The smallest absolute Gasteiger partial charge is 0.250 e. The zero-order valence-electron chi connectivity index (χ0n) is 9.78. The first-order chi connectivity index (χ1) is 8.99. The third kappa shape index (κ3) is 3.77. The molecule has 1 heterocycles. The van der Waals surface area contributed by atoms with Crippen molar-refractivity contribution in [2.75, 3.05) is 6.54 Å². The van der Waals surface area contributed by atoms with E-state index < -0.39 is 16.1 Å². The standard InChI is InChI=1S/C12H12ClNO3S2/c13-11-6-7-12(18-11)19(16,17)14-8-10(15)9-4-2-1-3-5-9/h1-7,10,14-15H,8H2. The molecular formula is C12H12ClNO3S2. The SMILES string of the molecule is O=S(=O)(NCC(O)c1ccccc1)c1ccc(Cl)s1. The molecule has 1 atom stereocenters. The van der Waals surface area contributed by atoms with Crippen LogP contribution in [0, 0.1) is 0 Å². The normalized spacial score (nSPS) is 13.4. The van der Waals surface area contributed by atoms with Crippen molar-refractivity contribution in [3.63, 3.8) is 0 Å². The lowest BCUT2D eigenvalue weighted by molar-refractivity contribution is 0.182. The fourth-order valence-corrected chi connectivity index (χ4v) is 4.06. The molecule has 0 aliphatic rings. The molecule has 7 heteroatoms. The Labute approximate surface area is 120 Å². The Hall–Kier alpha value is -0.920. The molecule has 0 saturated carbocycles. The first kappa shape index (κ1) is 14.5. The summed E-state index contributed by atoms with van der Waals surface area (Å²) in [5.41, 5.74) is 0.661. The van der Waals surface area contributed by atoms with Crippen LogP contribution in [0.4, 0.5) is 0 Å². The van der Waals surface area contributed by atoms with E-state index in [0.717, 1.165) is 11.3 Å². The Morgan fingerprint density at radius 1 is 1.21 bits per heavy atom. The van der Waals surface area contributed by atoms with Gasteiger partial charge in [0.15, 0.2) is 0 Å². The summed E-state index contributed by atoms with van der Waals surface area (Å²) in [4.78, 5) is 0. The van der Waals surface area contributed by atoms with Crippen LogP contribution in [0.1, 0.15) is 11.7 Å². The predicted octanol–water partition coefficient (Wildman–Crippen LogP) is 2.41. The quantitative estimate of drug-likeness (QED) is 0.890. The van der Waals surface area contributed by atoms with Gasteiger partial charge in [-0.3, -0.25) is 0 Å². The van der Waals surface area contributed by atoms with Crippen molar-refractivity contribution in [3.05, 3.63) is 52.4 Å². The number of thiophene rings is 1. The van der Waals surface area contributed by atoms with Gasteiger partial charge in [0, 0.05) is 6.54 Å². The summed E-state index contributed by atoms with van der Waals surface area (Å²) in [7, 11) is -3.62. The molecule has 0 spiro atoms. The second kappa shape index (κ2) is 6.02. The van der Waals surface area contributed by atoms with Crippen LogP contribution in [-0.4, -0.2) is 20.1 Å². The van der Waals surface area contributed by atoms with E-state index in [2.05, 4.69) is 4.72 Å². The van der Waals surface area contributed by atoms with E-state index >= 15 is 0 Å². The molecule has 1 unspecified atom stereocenters. The van der Waals surface area contributed by atoms with E-state index in [1.165, 1.54) is 12.1 Å². The molecule has 0 amide bonds. The molecular weight excluding hydrogens is 306 g/mol. The zero-order valence-corrected chi connectivity index (χ0v) is 12.2. The molecule has 1 aromatic carbocycles. The van der Waals surface area contributed by atoms with Gasteiger partial charge in [-0.2, -0.15) is 0 Å². The lowest BCUT2D eigenvalue weighted by Crippen LogP contribution is -2.27. The van der Waals surface area contributed by atoms with Crippen molar-refractivity contribution in [2.45, 2.75) is 10.3 Å². The second-order valence-electron chi connectivity index (χ2n) is 3.84. The van der Waals surface area contributed by atoms with Crippen LogP contribution in [0.3, 0.4) is 0 Å². The van der Waals surface area contributed by atoms with Crippen LogP contribution in [0.25, 0.3) is 0 Å². The average Bonchev–Trinajstić information content (AvgIpc) is 2.85. The highest BCUT2D eigenvalue weighted by Crippen LogP contribution is 2.25. The summed E-state index contributed by atoms with van der Waals surface area (Å²) in [6.45, 7) is -0.0815. The van der Waals surface area contributed by atoms with Gasteiger partial charge in [0.1, 0.15) is 4.21 Å². The van der Waals surface area contributed by atoms with Gasteiger partial charge in [0.05, 0.1) is 10.4 Å². The zero-order chi connectivity index (χ0) is 13.9. The molecule has 0 saturated heterocycles. The summed E-state index contributed by atoms with van der Waals surface area (Å²) >= 11 is 6.68. The summed E-state index contributed by atoms with van der Waals surface area (Å²) in [5.74, 6) is 0. The van der Waals surface area contributed by atoms with E-state index in [1.807, 2.05) is 6.07 Å². The van der Waals surface area contributed by atoms with Gasteiger partial charge in [0.2, 0.25) is 10.0 Å². The minimum atomic E-state index is -3.62. The molecule has 4 nitrogen and oxygen atoms in total. The summed E-state index contributed by atoms with van der Waals surface area (Å²) in [6.07, 6.45) is -0.883. The number of aliphatic hydroxyl groups is 1. The van der Waals surface area contributed by atoms with Gasteiger partial charge in [-0.15, -0.1) is 11.3 Å². The van der Waals surface area contributed by atoms with Crippen molar-refractivity contribution in [1.82, 2.24) is 4.72 Å². The molecule has 0 aliphatic heterocycles. The van der Waals surface area contributed by atoms with Crippen LogP contribution in [0.2, 0.25) is 4.34 Å². The van der Waals surface area contributed by atoms with Crippen LogP contribution in [0.15, 0.2) is 46.7 Å². The molecule has 1 aromatic heterocycles. The maximum absolute atomic E-state index is 11.9. The van der Waals surface area contributed by atoms with E-state index in [0.29, 0.717) is 9.90 Å². The predicted molar refractivity (Wildman–Crippen MR) is 75.9 cm³/mol. The Morgan fingerprint density at radius 2 is 1.89 bits per heavy atom. The highest BCUT2D eigenvalue weighted by atomic mass is 35.5. The van der Waals surface area contributed by atoms with E-state index in [4.69, 9.17) is 11.6 Å². The molecule has 2 rings (SSSR count). The maximum atomic E-state index is 11.9. The van der Waals surface area contributed by atoms with Crippen LogP contribution < -0.4 is 4.72 Å². The third-order valence-electron chi connectivity index (χ3n) is 2.46. The van der Waals surface area contributed by atoms with Gasteiger partial charge in [-0.05, 0) is 17.7 Å². The minimum absolute atomic E-state index is 0.0815. The number of hydrogen-bond donors (Lipinski definition) is 2. The van der Waals surface area contributed by atoms with Gasteiger partial charge < -0.3 is 5.11 Å². The molecule has 2 N–H and O–H groups in total. The summed E-state index contributed by atoms with van der Waals surface area (Å²) in [6, 6.07) is 11.8. The first-order valence-electron chi connectivity index (χ1n) is 5.47. The fraction of sp³-hybridized carbons (Fsp3) is 0.167. The van der Waals surface area contributed by atoms with Gasteiger partial charge >= 0.3 is 0 Å². The lowest BCUT2D eigenvalue weighted by Gasteiger charge is -2.11. The molecule has 2 aromatic rings. The highest BCUT2D eigenvalue weighted by molar-refractivity contribution is 7.91. The first-order valence-corrected chi connectivity index (χ1v) is 8.15. The maximum Gasteiger partial charge on any atom is 0.250 e. The van der Waals surface area contributed by atoms with Crippen molar-refractivity contribution in [1.29, 1.82) is 0 Å². The average molecular weight is 318 g/mol. The Morgan fingerprint density at radius 3 is 2.47 bits per heavy atom. The van der Waals surface area contributed by atoms with Crippen molar-refractivity contribution in [2.24, 2.45) is 0 Å². The van der Waals surface area contributed by atoms with Crippen molar-refractivity contribution in [3.8, 4) is 0 Å². The summed E-state index contributed by atoms with van der Waals surface area (Å²) in [5, 5.41) is 9.89. The van der Waals surface area contributed by atoms with Crippen molar-refractivity contribution >= 4 is 33.0 Å².